The number of hydrogen-bond acceptors (Lipinski definition) is 7. The Kier molecular flexibility index (Phi) is 6.83. The molecular weight excluding hydrogens is 491 g/mol. The first-order chi connectivity index (χ1) is 16.5. The Morgan fingerprint density at radius 3 is 2.53 bits per heavy atom. The normalized spacial score (nSPS) is 16.3. The number of nitrogens with one attached hydrogen (secondary N) is 2. The minimum Gasteiger partial charge on any atom is -0.372 e. The molecule has 0 bridgehead atoms. The molecule has 2 N–H and O–H groups in total. The largest absolute Gasteiger partial charge is 0.372 e. The lowest BCUT2D eigenvalue weighted by Gasteiger charge is -2.33. The van der Waals surface area contributed by atoms with E-state index < -0.39 is 0 Å². The zero-order valence-corrected chi connectivity index (χ0v) is 20.9. The van der Waals surface area contributed by atoms with Gasteiger partial charge in [-0.15, -0.1) is 0 Å². The molecule has 0 radical (unpaired) electrons. The topological polar surface area (TPSA) is 73.4 Å². The summed E-state index contributed by atoms with van der Waals surface area (Å²) in [6, 6.07) is 14.0. The number of anilines is 4. The molecule has 0 unspecified atom stereocenters. The summed E-state index contributed by atoms with van der Waals surface area (Å²) in [5, 5.41) is 8.14. The molecule has 2 aromatic carbocycles. The van der Waals surface area contributed by atoms with Crippen LogP contribution in [-0.2, 0) is 0 Å². The Morgan fingerprint density at radius 2 is 1.82 bits per heavy atom. The van der Waals surface area contributed by atoms with Gasteiger partial charge in [0.2, 0.25) is 5.95 Å². The number of amides is 1. The van der Waals surface area contributed by atoms with Gasteiger partial charge in [-0.3, -0.25) is 9.69 Å². The van der Waals surface area contributed by atoms with E-state index in [1.807, 2.05) is 12.1 Å². The minimum atomic E-state index is -0.222. The van der Waals surface area contributed by atoms with E-state index in [0.29, 0.717) is 44.2 Å². The molecule has 2 aliphatic rings. The van der Waals surface area contributed by atoms with Crippen molar-refractivity contribution in [2.45, 2.75) is 23.9 Å². The summed E-state index contributed by atoms with van der Waals surface area (Å²) in [5.41, 5.74) is 3.00. The second-order valence-electron chi connectivity index (χ2n) is 8.25. The molecule has 10 heteroatoms. The summed E-state index contributed by atoms with van der Waals surface area (Å²) in [6.07, 6.45) is 3.85. The number of hydrogen-bond donors (Lipinski definition) is 2. The monoisotopic (exact) mass is 514 g/mol. The lowest BCUT2D eigenvalue weighted by Crippen LogP contribution is -2.41. The van der Waals surface area contributed by atoms with Crippen LogP contribution in [0.5, 0.6) is 0 Å². The van der Waals surface area contributed by atoms with Gasteiger partial charge in [-0.05, 0) is 62.3 Å². The lowest BCUT2D eigenvalue weighted by molar-refractivity contribution is 0.0985. The van der Waals surface area contributed by atoms with Crippen LogP contribution in [0.3, 0.4) is 0 Å². The summed E-state index contributed by atoms with van der Waals surface area (Å²) in [7, 11) is 2.15. The van der Waals surface area contributed by atoms with Crippen molar-refractivity contribution in [2.24, 2.45) is 0 Å². The molecule has 1 saturated heterocycles. The van der Waals surface area contributed by atoms with Gasteiger partial charge in [0.05, 0.1) is 27.2 Å². The first-order valence-corrected chi connectivity index (χ1v) is 12.8. The van der Waals surface area contributed by atoms with E-state index >= 15 is 0 Å². The summed E-state index contributed by atoms with van der Waals surface area (Å²) in [5.74, 6) is 0.590. The third-order valence-corrected chi connectivity index (χ3v) is 7.74. The van der Waals surface area contributed by atoms with Gasteiger partial charge < -0.3 is 15.5 Å². The molecule has 0 aliphatic carbocycles. The molecule has 3 aromatic rings. The van der Waals surface area contributed by atoms with Crippen LogP contribution in [0.1, 0.15) is 23.2 Å². The Morgan fingerprint density at radius 1 is 1.12 bits per heavy atom. The van der Waals surface area contributed by atoms with Gasteiger partial charge in [0.1, 0.15) is 5.03 Å². The van der Waals surface area contributed by atoms with E-state index in [1.54, 1.807) is 29.3 Å². The van der Waals surface area contributed by atoms with Crippen LogP contribution in [0.15, 0.2) is 53.7 Å². The van der Waals surface area contributed by atoms with Gasteiger partial charge in [0.15, 0.2) is 0 Å². The smallest absolute Gasteiger partial charge is 0.263 e. The van der Waals surface area contributed by atoms with E-state index in [-0.39, 0.29) is 5.91 Å². The van der Waals surface area contributed by atoms with E-state index in [1.165, 1.54) is 17.4 Å². The number of piperidine rings is 1. The molecule has 176 valence electrons. The maximum absolute atomic E-state index is 13.1. The van der Waals surface area contributed by atoms with Crippen molar-refractivity contribution < 1.29 is 4.79 Å². The number of para-hydroxylation sites is 1. The number of aromatic nitrogens is 2. The molecule has 34 heavy (non-hydrogen) atoms. The number of fused-ring (bicyclic) bond motifs is 1. The molecule has 2 aliphatic heterocycles. The van der Waals surface area contributed by atoms with E-state index in [2.05, 4.69) is 44.7 Å². The third-order valence-electron chi connectivity index (χ3n) is 6.15. The highest BCUT2D eigenvalue weighted by atomic mass is 35.5. The Balaban J connectivity index is 1.29. The molecule has 3 heterocycles. The average molecular weight is 515 g/mol. The van der Waals surface area contributed by atoms with E-state index in [0.717, 1.165) is 31.6 Å². The van der Waals surface area contributed by atoms with Crippen LogP contribution in [0.25, 0.3) is 0 Å². The van der Waals surface area contributed by atoms with Crippen LogP contribution in [0.2, 0.25) is 10.0 Å². The SMILES string of the molecule is CN(c1ccc(Nc2ncc3c(n2)SCN(c2c(Cl)cccc2Cl)C3=O)cc1)C1CCNCC1. The third kappa shape index (κ3) is 4.68. The van der Waals surface area contributed by atoms with Crippen molar-refractivity contribution in [3.8, 4) is 0 Å². The number of rotatable bonds is 5. The van der Waals surface area contributed by atoms with Crippen LogP contribution in [0, 0.1) is 0 Å². The summed E-state index contributed by atoms with van der Waals surface area (Å²) in [6.45, 7) is 2.13. The number of benzene rings is 2. The van der Waals surface area contributed by atoms with Gasteiger partial charge in [-0.2, -0.15) is 0 Å². The van der Waals surface area contributed by atoms with Crippen molar-refractivity contribution in [1.29, 1.82) is 0 Å². The van der Waals surface area contributed by atoms with Crippen LogP contribution < -0.4 is 20.4 Å². The maximum Gasteiger partial charge on any atom is 0.263 e. The van der Waals surface area contributed by atoms with Gasteiger partial charge in [-0.1, -0.05) is 41.0 Å². The van der Waals surface area contributed by atoms with Crippen LogP contribution in [0.4, 0.5) is 23.0 Å². The molecule has 0 spiro atoms. The number of thioether (sulfide) groups is 1. The first-order valence-electron chi connectivity index (χ1n) is 11.1. The zero-order chi connectivity index (χ0) is 23.7. The molecule has 5 rings (SSSR count). The minimum absolute atomic E-state index is 0.222. The van der Waals surface area contributed by atoms with Gasteiger partial charge >= 0.3 is 0 Å². The molecular formula is C24H24Cl2N6OS. The second kappa shape index (κ2) is 10.00. The lowest BCUT2D eigenvalue weighted by atomic mass is 10.0. The molecule has 1 aromatic heterocycles. The highest BCUT2D eigenvalue weighted by molar-refractivity contribution is 7.99. The molecule has 0 atom stereocenters. The molecule has 1 fully saturated rings. The fraction of sp³-hybridized carbons (Fsp3) is 0.292. The fourth-order valence-corrected chi connectivity index (χ4v) is 5.79. The van der Waals surface area contributed by atoms with Crippen molar-refractivity contribution in [3.05, 3.63) is 64.3 Å². The van der Waals surface area contributed by atoms with E-state index in [9.17, 15) is 4.79 Å². The van der Waals surface area contributed by atoms with Crippen LogP contribution in [-0.4, -0.2) is 47.9 Å². The standard InChI is InChI=1S/C24H24Cl2N6OS/c1-31(17-9-11-27-12-10-17)16-7-5-15(6-8-16)29-24-28-13-18-22(30-24)34-14-32(23(18)33)21-19(25)3-2-4-20(21)26/h2-8,13,17,27H,9-12,14H2,1H3,(H,28,29,30). The predicted molar refractivity (Wildman–Crippen MR) is 140 cm³/mol. The van der Waals surface area contributed by atoms with Crippen LogP contribution >= 0.6 is 35.0 Å². The number of halogens is 2. The first kappa shape index (κ1) is 23.2. The van der Waals surface area contributed by atoms with Gasteiger partial charge in [0.25, 0.3) is 5.91 Å². The average Bonchev–Trinajstić information content (AvgIpc) is 2.86. The quantitative estimate of drug-likeness (QED) is 0.440. The summed E-state index contributed by atoms with van der Waals surface area (Å²) < 4.78 is 0. The fourth-order valence-electron chi connectivity index (χ4n) is 4.24. The highest BCUT2D eigenvalue weighted by Crippen LogP contribution is 2.39. The number of carbonyl (C=O) groups excluding carboxylic acids is 1. The van der Waals surface area contributed by atoms with Crippen molar-refractivity contribution in [2.75, 3.05) is 41.1 Å². The molecule has 1 amide bonds. The van der Waals surface area contributed by atoms with Gasteiger partial charge in [-0.25, -0.2) is 9.97 Å². The maximum atomic E-state index is 13.1. The van der Waals surface area contributed by atoms with E-state index in [4.69, 9.17) is 23.2 Å². The van der Waals surface area contributed by atoms with Crippen molar-refractivity contribution in [1.82, 2.24) is 15.3 Å². The summed E-state index contributed by atoms with van der Waals surface area (Å²) in [4.78, 5) is 26.0. The Bertz CT molecular complexity index is 1180. The molecule has 0 saturated carbocycles. The van der Waals surface area contributed by atoms with Crippen molar-refractivity contribution in [3.63, 3.8) is 0 Å². The Labute approximate surface area is 212 Å². The number of nitrogens with zero attached hydrogens (tertiary/aromatic N) is 4. The van der Waals surface area contributed by atoms with Gasteiger partial charge in [0, 0.05) is 30.7 Å². The predicted octanol–water partition coefficient (Wildman–Crippen LogP) is 5.43. The number of carbonyl (C=O) groups is 1. The van der Waals surface area contributed by atoms with Crippen molar-refractivity contribution >= 4 is 63.9 Å². The Hall–Kier alpha value is -2.52. The summed E-state index contributed by atoms with van der Waals surface area (Å²) >= 11 is 14.1. The zero-order valence-electron chi connectivity index (χ0n) is 18.6. The highest BCUT2D eigenvalue weighted by Gasteiger charge is 2.30. The molecule has 7 nitrogen and oxygen atoms in total. The second-order valence-corrected chi connectivity index (χ2v) is 10.0.